The second-order valence-corrected chi connectivity index (χ2v) is 4.68. The molecule has 0 heterocycles. The lowest BCUT2D eigenvalue weighted by atomic mass is 10.1. The van der Waals surface area contributed by atoms with E-state index < -0.39 is 0 Å². The van der Waals surface area contributed by atoms with Crippen LogP contribution in [0.5, 0.6) is 0 Å². The molecule has 0 saturated carbocycles. The molecule has 3 nitrogen and oxygen atoms in total. The lowest BCUT2D eigenvalue weighted by Gasteiger charge is -2.10. The van der Waals surface area contributed by atoms with Crippen molar-refractivity contribution < 1.29 is 0 Å². The molecule has 0 amide bonds. The molecule has 1 rings (SSSR count). The molecular formula is C12H21N3S. The van der Waals surface area contributed by atoms with E-state index >= 15 is 0 Å². The van der Waals surface area contributed by atoms with Crippen molar-refractivity contribution in [2.75, 3.05) is 25.9 Å². The Morgan fingerprint density at radius 2 is 2.00 bits per heavy atom. The second-order valence-electron chi connectivity index (χ2n) is 3.80. The number of hydrogen-bond donors (Lipinski definition) is 3. The normalized spacial score (nSPS) is 12.7. The monoisotopic (exact) mass is 239 g/mol. The minimum atomic E-state index is 0.0684. The van der Waals surface area contributed by atoms with Gasteiger partial charge in [0.15, 0.2) is 0 Å². The number of nitrogens with two attached hydrogens (primary N) is 2. The van der Waals surface area contributed by atoms with Gasteiger partial charge in [-0.1, -0.05) is 12.1 Å². The molecule has 4 heteroatoms. The fraction of sp³-hybridized carbons (Fsp3) is 0.500. The van der Waals surface area contributed by atoms with Crippen molar-refractivity contribution >= 4 is 11.8 Å². The van der Waals surface area contributed by atoms with Crippen molar-refractivity contribution in [3.8, 4) is 0 Å². The van der Waals surface area contributed by atoms with Crippen molar-refractivity contribution in [3.05, 3.63) is 29.8 Å². The van der Waals surface area contributed by atoms with Gasteiger partial charge in [0.2, 0.25) is 0 Å². The zero-order valence-electron chi connectivity index (χ0n) is 9.78. The van der Waals surface area contributed by atoms with E-state index in [1.165, 1.54) is 10.5 Å². The molecule has 0 spiro atoms. The van der Waals surface area contributed by atoms with Gasteiger partial charge in [0, 0.05) is 24.0 Å². The summed E-state index contributed by atoms with van der Waals surface area (Å²) in [5.41, 5.74) is 12.5. The van der Waals surface area contributed by atoms with Crippen LogP contribution in [0, 0.1) is 0 Å². The quantitative estimate of drug-likeness (QED) is 0.487. The van der Waals surface area contributed by atoms with Crippen molar-refractivity contribution in [2.45, 2.75) is 17.4 Å². The predicted molar refractivity (Wildman–Crippen MR) is 71.8 cm³/mol. The van der Waals surface area contributed by atoms with E-state index in [0.29, 0.717) is 6.54 Å². The molecule has 1 aromatic carbocycles. The molecule has 0 fully saturated rings. The average molecular weight is 239 g/mol. The van der Waals surface area contributed by atoms with E-state index in [-0.39, 0.29) is 6.04 Å². The Morgan fingerprint density at radius 3 is 2.56 bits per heavy atom. The molecule has 90 valence electrons. The van der Waals surface area contributed by atoms with Crippen molar-refractivity contribution in [1.29, 1.82) is 0 Å². The van der Waals surface area contributed by atoms with E-state index in [9.17, 15) is 0 Å². The maximum absolute atomic E-state index is 5.70. The summed E-state index contributed by atoms with van der Waals surface area (Å²) in [6, 6.07) is 8.74. The van der Waals surface area contributed by atoms with Crippen LogP contribution in [0.1, 0.15) is 5.56 Å². The van der Waals surface area contributed by atoms with Crippen molar-refractivity contribution in [1.82, 2.24) is 5.32 Å². The van der Waals surface area contributed by atoms with Crippen molar-refractivity contribution in [2.24, 2.45) is 11.5 Å². The molecule has 0 aliphatic rings. The van der Waals surface area contributed by atoms with Crippen LogP contribution in [-0.2, 0) is 6.42 Å². The van der Waals surface area contributed by atoms with Crippen LogP contribution in [0.2, 0.25) is 0 Å². The van der Waals surface area contributed by atoms with Crippen LogP contribution in [0.4, 0.5) is 0 Å². The third-order valence-corrected chi connectivity index (χ3v) is 3.20. The van der Waals surface area contributed by atoms with Gasteiger partial charge in [0.25, 0.3) is 0 Å². The van der Waals surface area contributed by atoms with Gasteiger partial charge in [-0.15, -0.1) is 11.8 Å². The fourth-order valence-electron chi connectivity index (χ4n) is 1.40. The Bertz CT molecular complexity index is 287. The van der Waals surface area contributed by atoms with Crippen LogP contribution in [0.15, 0.2) is 29.2 Å². The van der Waals surface area contributed by atoms with Gasteiger partial charge in [0.1, 0.15) is 0 Å². The largest absolute Gasteiger partial charge is 0.329 e. The Hall–Kier alpha value is -0.550. The molecule has 0 saturated heterocycles. The molecule has 0 bridgehead atoms. The Morgan fingerprint density at radius 1 is 1.31 bits per heavy atom. The molecular weight excluding hydrogens is 218 g/mol. The third kappa shape index (κ3) is 4.99. The summed E-state index contributed by atoms with van der Waals surface area (Å²) in [7, 11) is 0. The molecule has 0 aromatic heterocycles. The highest BCUT2D eigenvalue weighted by Crippen LogP contribution is 2.14. The third-order valence-electron chi connectivity index (χ3n) is 2.46. The lowest BCUT2D eigenvalue weighted by molar-refractivity contribution is 0.583. The van der Waals surface area contributed by atoms with Gasteiger partial charge in [-0.2, -0.15) is 0 Å². The molecule has 0 aliphatic heterocycles. The number of benzene rings is 1. The van der Waals surface area contributed by atoms with E-state index in [1.54, 1.807) is 11.8 Å². The summed E-state index contributed by atoms with van der Waals surface area (Å²) in [5, 5.41) is 3.30. The van der Waals surface area contributed by atoms with E-state index in [0.717, 1.165) is 19.5 Å². The zero-order chi connectivity index (χ0) is 11.8. The smallest absolute Gasteiger partial charge is 0.0290 e. The Balaban J connectivity index is 2.21. The molecule has 5 N–H and O–H groups in total. The van der Waals surface area contributed by atoms with Crippen LogP contribution in [-0.4, -0.2) is 31.9 Å². The van der Waals surface area contributed by atoms with Gasteiger partial charge in [-0.25, -0.2) is 0 Å². The highest BCUT2D eigenvalue weighted by atomic mass is 32.2. The molecule has 1 unspecified atom stereocenters. The fourth-order valence-corrected chi connectivity index (χ4v) is 1.80. The first-order valence-electron chi connectivity index (χ1n) is 5.55. The SMILES string of the molecule is CSc1ccc(CCNCC(N)CN)cc1. The summed E-state index contributed by atoms with van der Waals surface area (Å²) < 4.78 is 0. The van der Waals surface area contributed by atoms with E-state index in [2.05, 4.69) is 35.8 Å². The van der Waals surface area contributed by atoms with Crippen LogP contribution < -0.4 is 16.8 Å². The van der Waals surface area contributed by atoms with Gasteiger partial charge >= 0.3 is 0 Å². The second kappa shape index (κ2) is 7.68. The van der Waals surface area contributed by atoms with Gasteiger partial charge in [-0.05, 0) is 36.9 Å². The highest BCUT2D eigenvalue weighted by molar-refractivity contribution is 7.98. The van der Waals surface area contributed by atoms with E-state index in [4.69, 9.17) is 11.5 Å². The maximum atomic E-state index is 5.70. The first-order valence-corrected chi connectivity index (χ1v) is 6.78. The minimum Gasteiger partial charge on any atom is -0.329 e. The molecule has 0 aliphatic carbocycles. The first-order chi connectivity index (χ1) is 7.76. The summed E-state index contributed by atoms with van der Waals surface area (Å²) in [6.45, 7) is 2.28. The molecule has 1 atom stereocenters. The minimum absolute atomic E-state index is 0.0684. The maximum Gasteiger partial charge on any atom is 0.0290 e. The van der Waals surface area contributed by atoms with Gasteiger partial charge < -0.3 is 16.8 Å². The van der Waals surface area contributed by atoms with Crippen LogP contribution in [0.25, 0.3) is 0 Å². The van der Waals surface area contributed by atoms with Crippen LogP contribution in [0.3, 0.4) is 0 Å². The number of thioether (sulfide) groups is 1. The number of rotatable bonds is 7. The van der Waals surface area contributed by atoms with Crippen molar-refractivity contribution in [3.63, 3.8) is 0 Å². The number of nitrogens with one attached hydrogen (secondary N) is 1. The number of hydrogen-bond acceptors (Lipinski definition) is 4. The predicted octanol–water partition coefficient (Wildman–Crippen LogP) is 0.827. The standard InChI is InChI=1S/C12H21N3S/c1-16-12-4-2-10(3-5-12)6-7-15-9-11(14)8-13/h2-5,11,15H,6-9,13-14H2,1H3. The molecule has 16 heavy (non-hydrogen) atoms. The van der Waals surface area contributed by atoms with Gasteiger partial charge in [0.05, 0.1) is 0 Å². The van der Waals surface area contributed by atoms with E-state index in [1.807, 2.05) is 0 Å². The molecule has 1 aromatic rings. The average Bonchev–Trinajstić information content (AvgIpc) is 2.35. The first kappa shape index (κ1) is 13.5. The Labute approximate surface area is 102 Å². The zero-order valence-corrected chi connectivity index (χ0v) is 10.6. The lowest BCUT2D eigenvalue weighted by Crippen LogP contribution is -2.40. The summed E-state index contributed by atoms with van der Waals surface area (Å²) in [5.74, 6) is 0. The van der Waals surface area contributed by atoms with Gasteiger partial charge in [-0.3, -0.25) is 0 Å². The van der Waals surface area contributed by atoms with Crippen LogP contribution >= 0.6 is 11.8 Å². The summed E-state index contributed by atoms with van der Waals surface area (Å²) in [6.07, 6.45) is 3.12. The molecule has 0 radical (unpaired) electrons. The summed E-state index contributed by atoms with van der Waals surface area (Å²) >= 11 is 1.77. The highest BCUT2D eigenvalue weighted by Gasteiger charge is 1.98. The topological polar surface area (TPSA) is 64.1 Å². The Kier molecular flexibility index (Phi) is 6.49. The summed E-state index contributed by atoms with van der Waals surface area (Å²) in [4.78, 5) is 1.31.